The smallest absolute Gasteiger partial charge is 0.211 e. The maximum atomic E-state index is 11.7. The Morgan fingerprint density at radius 3 is 2.55 bits per heavy atom. The van der Waals surface area contributed by atoms with Crippen LogP contribution in [0.15, 0.2) is 6.07 Å². The molecule has 0 spiro atoms. The highest BCUT2D eigenvalue weighted by Crippen LogP contribution is 2.35. The Labute approximate surface area is 118 Å². The third kappa shape index (κ3) is 2.38. The number of aliphatic hydroxyl groups excluding tert-OH is 1. The lowest BCUT2D eigenvalue weighted by Crippen LogP contribution is -2.51. The third-order valence-electron chi connectivity index (χ3n) is 3.77. The van der Waals surface area contributed by atoms with Gasteiger partial charge in [0.2, 0.25) is 10.0 Å². The van der Waals surface area contributed by atoms with Crippen molar-refractivity contribution >= 4 is 15.8 Å². The first-order valence-electron chi connectivity index (χ1n) is 6.60. The molecule has 1 aromatic rings. The summed E-state index contributed by atoms with van der Waals surface area (Å²) < 4.78 is 24.8. The van der Waals surface area contributed by atoms with E-state index in [0.29, 0.717) is 25.5 Å². The molecule has 0 saturated carbocycles. The van der Waals surface area contributed by atoms with Gasteiger partial charge in [0.25, 0.3) is 0 Å². The van der Waals surface area contributed by atoms with Crippen molar-refractivity contribution in [2.24, 2.45) is 0 Å². The van der Waals surface area contributed by atoms with Crippen molar-refractivity contribution in [1.29, 1.82) is 0 Å². The molecule has 110 valence electrons. The van der Waals surface area contributed by atoms with Crippen molar-refractivity contribution < 1.29 is 13.5 Å². The number of nitrogens with zero attached hydrogens (tertiary/aromatic N) is 4. The first-order valence-corrected chi connectivity index (χ1v) is 8.45. The molecule has 0 amide bonds. The zero-order valence-electron chi connectivity index (χ0n) is 11.5. The number of sulfonamides is 1. The van der Waals surface area contributed by atoms with E-state index in [-0.39, 0.29) is 12.1 Å². The van der Waals surface area contributed by atoms with Gasteiger partial charge in [-0.25, -0.2) is 18.4 Å². The monoisotopic (exact) mass is 298 g/mol. The van der Waals surface area contributed by atoms with Crippen LogP contribution in [0.2, 0.25) is 0 Å². The molecule has 1 N–H and O–H groups in total. The van der Waals surface area contributed by atoms with Gasteiger partial charge < -0.3 is 10.0 Å². The summed E-state index contributed by atoms with van der Waals surface area (Å²) in [6.45, 7) is 3.48. The van der Waals surface area contributed by atoms with Gasteiger partial charge in [-0.1, -0.05) is 0 Å². The van der Waals surface area contributed by atoms with Crippen LogP contribution in [0.25, 0.3) is 0 Å². The summed E-state index contributed by atoms with van der Waals surface area (Å²) >= 11 is 0. The maximum Gasteiger partial charge on any atom is 0.211 e. The Morgan fingerprint density at radius 2 is 2.05 bits per heavy atom. The van der Waals surface area contributed by atoms with Crippen LogP contribution >= 0.6 is 0 Å². The first-order chi connectivity index (χ1) is 9.34. The molecule has 0 aliphatic carbocycles. The number of hydrogen-bond donors (Lipinski definition) is 1. The molecule has 20 heavy (non-hydrogen) atoms. The summed E-state index contributed by atoms with van der Waals surface area (Å²) in [4.78, 5) is 10.7. The van der Waals surface area contributed by atoms with Crippen LogP contribution in [0.3, 0.4) is 0 Å². The van der Waals surface area contributed by atoms with Crippen LogP contribution in [0.5, 0.6) is 0 Å². The number of β-amino-alcohol motifs (C(OH)–C–C–N with tert-alkyl or cyclic N) is 1. The molecule has 2 aliphatic rings. The van der Waals surface area contributed by atoms with E-state index in [1.54, 1.807) is 6.92 Å². The average molecular weight is 298 g/mol. The second kappa shape index (κ2) is 4.64. The number of anilines is 1. The molecule has 3 heterocycles. The predicted octanol–water partition coefficient (Wildman–Crippen LogP) is -0.328. The van der Waals surface area contributed by atoms with E-state index in [0.717, 1.165) is 17.9 Å². The summed E-state index contributed by atoms with van der Waals surface area (Å²) in [7, 11) is -3.19. The standard InChI is InChI=1S/C12H18N4O3S/c1-8-13-10(11-3-4-16(11)20(2,18)19)5-12(14-8)15-6-9(17)7-15/h5,9,11,17H,3-4,6-7H2,1-2H3/t11-/m0/s1. The number of aliphatic hydroxyl groups is 1. The van der Waals surface area contributed by atoms with Crippen molar-refractivity contribution in [2.75, 3.05) is 30.8 Å². The third-order valence-corrected chi connectivity index (χ3v) is 5.06. The summed E-state index contributed by atoms with van der Waals surface area (Å²) in [6, 6.07) is 1.65. The molecule has 8 heteroatoms. The van der Waals surface area contributed by atoms with E-state index < -0.39 is 10.0 Å². The van der Waals surface area contributed by atoms with Gasteiger partial charge in [-0.15, -0.1) is 0 Å². The first kappa shape index (κ1) is 13.7. The molecular formula is C12H18N4O3S. The van der Waals surface area contributed by atoms with Crippen LogP contribution in [-0.2, 0) is 10.0 Å². The summed E-state index contributed by atoms with van der Waals surface area (Å²) in [5.41, 5.74) is 0.741. The van der Waals surface area contributed by atoms with Gasteiger partial charge in [-0.05, 0) is 13.3 Å². The SMILES string of the molecule is Cc1nc([C@@H]2CCN2S(C)(=O)=O)cc(N2CC(O)C2)n1. The van der Waals surface area contributed by atoms with Gasteiger partial charge in [0.05, 0.1) is 24.1 Å². The molecule has 1 atom stereocenters. The van der Waals surface area contributed by atoms with Gasteiger partial charge >= 0.3 is 0 Å². The van der Waals surface area contributed by atoms with E-state index in [4.69, 9.17) is 0 Å². The summed E-state index contributed by atoms with van der Waals surface area (Å²) in [6.07, 6.45) is 1.70. The Kier molecular flexibility index (Phi) is 3.19. The predicted molar refractivity (Wildman–Crippen MR) is 73.9 cm³/mol. The Bertz CT molecular complexity index is 628. The van der Waals surface area contributed by atoms with Crippen LogP contribution in [0.1, 0.15) is 24.0 Å². The zero-order valence-corrected chi connectivity index (χ0v) is 12.3. The molecular weight excluding hydrogens is 280 g/mol. The highest BCUT2D eigenvalue weighted by Gasteiger charge is 2.38. The maximum absolute atomic E-state index is 11.7. The minimum atomic E-state index is -3.19. The van der Waals surface area contributed by atoms with Crippen LogP contribution < -0.4 is 4.90 Å². The van der Waals surface area contributed by atoms with Gasteiger partial charge in [-0.3, -0.25) is 0 Å². The molecule has 0 bridgehead atoms. The van der Waals surface area contributed by atoms with Crippen molar-refractivity contribution in [3.8, 4) is 0 Å². The van der Waals surface area contributed by atoms with Crippen molar-refractivity contribution in [3.05, 3.63) is 17.6 Å². The molecule has 1 aromatic heterocycles. The molecule has 0 radical (unpaired) electrons. The quantitative estimate of drug-likeness (QED) is 0.822. The Hall–Kier alpha value is -1.25. The fraction of sp³-hybridized carbons (Fsp3) is 0.667. The van der Waals surface area contributed by atoms with E-state index in [1.807, 2.05) is 11.0 Å². The van der Waals surface area contributed by atoms with E-state index in [9.17, 15) is 13.5 Å². The average Bonchev–Trinajstić information content (AvgIpc) is 2.19. The lowest BCUT2D eigenvalue weighted by atomic mass is 10.0. The molecule has 2 saturated heterocycles. The van der Waals surface area contributed by atoms with Gasteiger partial charge in [-0.2, -0.15) is 4.31 Å². The Morgan fingerprint density at radius 1 is 1.35 bits per heavy atom. The minimum Gasteiger partial charge on any atom is -0.389 e. The number of hydrogen-bond acceptors (Lipinski definition) is 6. The second-order valence-corrected chi connectivity index (χ2v) is 7.37. The molecule has 2 aliphatic heterocycles. The zero-order chi connectivity index (χ0) is 14.5. The van der Waals surface area contributed by atoms with Crippen LogP contribution in [0.4, 0.5) is 5.82 Å². The van der Waals surface area contributed by atoms with Crippen LogP contribution in [-0.4, -0.2) is 59.8 Å². The van der Waals surface area contributed by atoms with E-state index >= 15 is 0 Å². The molecule has 3 rings (SSSR count). The van der Waals surface area contributed by atoms with Crippen molar-refractivity contribution in [2.45, 2.75) is 25.5 Å². The van der Waals surface area contributed by atoms with E-state index in [2.05, 4.69) is 9.97 Å². The molecule has 2 fully saturated rings. The van der Waals surface area contributed by atoms with E-state index in [1.165, 1.54) is 10.6 Å². The van der Waals surface area contributed by atoms with Crippen molar-refractivity contribution in [3.63, 3.8) is 0 Å². The number of aryl methyl sites for hydroxylation is 1. The molecule has 0 aromatic carbocycles. The lowest BCUT2D eigenvalue weighted by molar-refractivity contribution is 0.141. The normalized spacial score (nSPS) is 24.4. The Balaban J connectivity index is 1.87. The van der Waals surface area contributed by atoms with Crippen molar-refractivity contribution in [1.82, 2.24) is 14.3 Å². The van der Waals surface area contributed by atoms with Crippen LogP contribution in [0, 0.1) is 6.92 Å². The van der Waals surface area contributed by atoms with Gasteiger partial charge in [0.1, 0.15) is 11.6 Å². The highest BCUT2D eigenvalue weighted by molar-refractivity contribution is 7.88. The highest BCUT2D eigenvalue weighted by atomic mass is 32.2. The largest absolute Gasteiger partial charge is 0.389 e. The molecule has 7 nitrogen and oxygen atoms in total. The van der Waals surface area contributed by atoms with Gasteiger partial charge in [0.15, 0.2) is 0 Å². The summed E-state index contributed by atoms with van der Waals surface area (Å²) in [5.74, 6) is 1.39. The minimum absolute atomic E-state index is 0.184. The lowest BCUT2D eigenvalue weighted by Gasteiger charge is -2.40. The second-order valence-electron chi connectivity index (χ2n) is 5.44. The fourth-order valence-electron chi connectivity index (χ4n) is 2.61. The fourth-order valence-corrected chi connectivity index (χ4v) is 3.72. The number of aromatic nitrogens is 2. The van der Waals surface area contributed by atoms with Gasteiger partial charge in [0, 0.05) is 25.7 Å². The number of rotatable bonds is 3. The molecule has 0 unspecified atom stereocenters. The topological polar surface area (TPSA) is 86.6 Å². The summed E-state index contributed by atoms with van der Waals surface area (Å²) in [5, 5.41) is 9.36.